The summed E-state index contributed by atoms with van der Waals surface area (Å²) in [6.07, 6.45) is 3.43. The van der Waals surface area contributed by atoms with Crippen LogP contribution in [0.4, 0.5) is 0 Å². The maximum absolute atomic E-state index is 13.2. The minimum absolute atomic E-state index is 0.0204. The highest BCUT2D eigenvalue weighted by molar-refractivity contribution is 5.95. The summed E-state index contributed by atoms with van der Waals surface area (Å²) in [5.74, 6) is 0.810. The Morgan fingerprint density at radius 2 is 2.07 bits per heavy atom. The highest BCUT2D eigenvalue weighted by atomic mass is 16.5. The molecule has 7 nitrogen and oxygen atoms in total. The lowest BCUT2D eigenvalue weighted by atomic mass is 10.1. The first-order chi connectivity index (χ1) is 13.7. The van der Waals surface area contributed by atoms with Crippen molar-refractivity contribution >= 4 is 5.91 Å². The second-order valence-electron chi connectivity index (χ2n) is 7.32. The lowest BCUT2D eigenvalue weighted by Gasteiger charge is -2.33. The Balaban J connectivity index is 1.49. The van der Waals surface area contributed by atoms with Crippen molar-refractivity contribution in [2.24, 2.45) is 0 Å². The van der Waals surface area contributed by atoms with Gasteiger partial charge in [-0.3, -0.25) is 9.48 Å². The van der Waals surface area contributed by atoms with E-state index in [0.29, 0.717) is 31.3 Å². The van der Waals surface area contributed by atoms with Crippen LogP contribution in [0.25, 0.3) is 0 Å². The molecule has 1 atom stereocenters. The topological polar surface area (TPSA) is 65.8 Å². The van der Waals surface area contributed by atoms with Gasteiger partial charge in [-0.1, -0.05) is 12.1 Å². The summed E-state index contributed by atoms with van der Waals surface area (Å²) in [4.78, 5) is 15.1. The number of aromatic nitrogens is 2. The normalized spacial score (nSPS) is 20.9. The van der Waals surface area contributed by atoms with Gasteiger partial charge in [-0.05, 0) is 37.5 Å². The molecule has 1 aromatic heterocycles. The van der Waals surface area contributed by atoms with Crippen LogP contribution in [0, 0.1) is 6.92 Å². The number of ether oxygens (including phenoxy) is 3. The van der Waals surface area contributed by atoms with Gasteiger partial charge in [0.2, 0.25) is 0 Å². The van der Waals surface area contributed by atoms with Crippen LogP contribution in [0.1, 0.15) is 46.6 Å². The van der Waals surface area contributed by atoms with Crippen molar-refractivity contribution in [3.8, 4) is 5.75 Å². The van der Waals surface area contributed by atoms with E-state index in [4.69, 9.17) is 14.2 Å². The number of carbonyl (C=O) groups is 1. The first kappa shape index (κ1) is 19.0. The molecule has 7 heteroatoms. The fraction of sp³-hybridized carbons (Fsp3) is 0.524. The molecule has 2 saturated heterocycles. The molecule has 2 fully saturated rings. The van der Waals surface area contributed by atoms with E-state index in [1.807, 2.05) is 40.8 Å². The van der Waals surface area contributed by atoms with Crippen LogP contribution in [-0.4, -0.2) is 60.6 Å². The van der Waals surface area contributed by atoms with Gasteiger partial charge in [-0.15, -0.1) is 0 Å². The van der Waals surface area contributed by atoms with Crippen LogP contribution >= 0.6 is 0 Å². The van der Waals surface area contributed by atoms with Crippen molar-refractivity contribution in [3.63, 3.8) is 0 Å². The van der Waals surface area contributed by atoms with Gasteiger partial charge in [0.1, 0.15) is 11.9 Å². The van der Waals surface area contributed by atoms with E-state index in [1.165, 1.54) is 0 Å². The number of benzene rings is 1. The van der Waals surface area contributed by atoms with Gasteiger partial charge in [0.25, 0.3) is 5.91 Å². The van der Waals surface area contributed by atoms with Crippen molar-refractivity contribution < 1.29 is 19.0 Å². The number of morpholine rings is 1. The summed E-state index contributed by atoms with van der Waals surface area (Å²) in [5, 5.41) is 4.52. The van der Waals surface area contributed by atoms with E-state index in [0.717, 1.165) is 43.1 Å². The van der Waals surface area contributed by atoms with E-state index in [-0.39, 0.29) is 12.0 Å². The van der Waals surface area contributed by atoms with E-state index in [2.05, 4.69) is 5.10 Å². The molecule has 3 heterocycles. The van der Waals surface area contributed by atoms with Gasteiger partial charge in [0, 0.05) is 25.5 Å². The third-order valence-electron chi connectivity index (χ3n) is 5.63. The van der Waals surface area contributed by atoms with Crippen LogP contribution in [0.5, 0.6) is 5.75 Å². The van der Waals surface area contributed by atoms with Crippen molar-refractivity contribution in [1.82, 2.24) is 14.7 Å². The average molecular weight is 385 g/mol. The quantitative estimate of drug-likeness (QED) is 0.810. The maximum Gasteiger partial charge on any atom is 0.257 e. The summed E-state index contributed by atoms with van der Waals surface area (Å²) in [5.41, 5.74) is 2.63. The average Bonchev–Trinajstić information content (AvgIpc) is 3.15. The summed E-state index contributed by atoms with van der Waals surface area (Å²) in [7, 11) is 1.65. The van der Waals surface area contributed by atoms with Crippen LogP contribution in [0.2, 0.25) is 0 Å². The van der Waals surface area contributed by atoms with Gasteiger partial charge in [-0.25, -0.2) is 0 Å². The van der Waals surface area contributed by atoms with E-state index < -0.39 is 0 Å². The van der Waals surface area contributed by atoms with Crippen molar-refractivity contribution in [3.05, 3.63) is 47.3 Å². The number of amides is 1. The largest absolute Gasteiger partial charge is 0.497 e. The lowest BCUT2D eigenvalue weighted by Crippen LogP contribution is -2.42. The second-order valence-corrected chi connectivity index (χ2v) is 7.32. The fourth-order valence-corrected chi connectivity index (χ4v) is 3.98. The van der Waals surface area contributed by atoms with Crippen molar-refractivity contribution in [2.45, 2.75) is 31.9 Å². The lowest BCUT2D eigenvalue weighted by molar-refractivity contribution is -0.0229. The summed E-state index contributed by atoms with van der Waals surface area (Å²) >= 11 is 0. The third kappa shape index (κ3) is 3.77. The predicted octanol–water partition coefficient (Wildman–Crippen LogP) is 2.77. The molecule has 0 aliphatic carbocycles. The molecule has 0 spiro atoms. The number of hydrogen-bond donors (Lipinski definition) is 0. The number of nitrogens with zero attached hydrogens (tertiary/aromatic N) is 3. The third-order valence-corrected chi connectivity index (χ3v) is 5.63. The fourth-order valence-electron chi connectivity index (χ4n) is 3.98. The number of hydrogen-bond acceptors (Lipinski definition) is 5. The zero-order chi connectivity index (χ0) is 19.5. The van der Waals surface area contributed by atoms with E-state index in [1.54, 1.807) is 13.3 Å². The smallest absolute Gasteiger partial charge is 0.257 e. The van der Waals surface area contributed by atoms with Crippen molar-refractivity contribution in [1.29, 1.82) is 0 Å². The highest BCUT2D eigenvalue weighted by Gasteiger charge is 2.29. The molecule has 28 heavy (non-hydrogen) atoms. The van der Waals surface area contributed by atoms with Crippen LogP contribution in [0.15, 0.2) is 30.5 Å². The molecule has 4 rings (SSSR count). The minimum atomic E-state index is -0.154. The molecule has 1 amide bonds. The van der Waals surface area contributed by atoms with Crippen LogP contribution in [-0.2, 0) is 9.47 Å². The molecule has 0 N–H and O–H groups in total. The van der Waals surface area contributed by atoms with Gasteiger partial charge in [0.05, 0.1) is 38.1 Å². The molecule has 150 valence electrons. The summed E-state index contributed by atoms with van der Waals surface area (Å²) < 4.78 is 18.7. The van der Waals surface area contributed by atoms with Crippen LogP contribution < -0.4 is 4.74 Å². The molecule has 0 saturated carbocycles. The van der Waals surface area contributed by atoms with Crippen LogP contribution in [0.3, 0.4) is 0 Å². The molecule has 2 aliphatic rings. The highest BCUT2D eigenvalue weighted by Crippen LogP contribution is 2.28. The zero-order valence-corrected chi connectivity index (χ0v) is 16.5. The molecule has 0 radical (unpaired) electrons. The Labute approximate surface area is 165 Å². The Morgan fingerprint density at radius 3 is 2.86 bits per heavy atom. The van der Waals surface area contributed by atoms with Gasteiger partial charge >= 0.3 is 0 Å². The van der Waals surface area contributed by atoms with Gasteiger partial charge in [-0.2, -0.15) is 5.10 Å². The molecule has 0 bridgehead atoms. The predicted molar refractivity (Wildman–Crippen MR) is 104 cm³/mol. The Kier molecular flexibility index (Phi) is 5.64. The standard InChI is InChI=1S/C21H27N3O4/c1-15-19(13-22-24(15)17-6-9-27-10-7-17)21(25)23-8-11-28-20(14-23)16-4-3-5-18(12-16)26-2/h3-5,12-13,17,20H,6-11,14H2,1-2H3. The van der Waals surface area contributed by atoms with Gasteiger partial charge < -0.3 is 19.1 Å². The summed E-state index contributed by atoms with van der Waals surface area (Å²) in [6.45, 7) is 5.10. The molecule has 2 aliphatic heterocycles. The Bertz CT molecular complexity index is 829. The molecular weight excluding hydrogens is 358 g/mol. The number of rotatable bonds is 4. The van der Waals surface area contributed by atoms with E-state index in [9.17, 15) is 4.79 Å². The molecular formula is C21H27N3O4. The zero-order valence-electron chi connectivity index (χ0n) is 16.5. The monoisotopic (exact) mass is 385 g/mol. The first-order valence-electron chi connectivity index (χ1n) is 9.84. The van der Waals surface area contributed by atoms with E-state index >= 15 is 0 Å². The molecule has 1 unspecified atom stereocenters. The molecule has 2 aromatic rings. The van der Waals surface area contributed by atoms with Crippen molar-refractivity contribution in [2.75, 3.05) is 40.0 Å². The van der Waals surface area contributed by atoms with Gasteiger partial charge in [0.15, 0.2) is 0 Å². The maximum atomic E-state index is 13.2. The second kappa shape index (κ2) is 8.32. The SMILES string of the molecule is COc1cccc(C2CN(C(=O)c3cnn(C4CCOCC4)c3C)CCO2)c1. The molecule has 1 aromatic carbocycles. The Hall–Kier alpha value is -2.38. The summed E-state index contributed by atoms with van der Waals surface area (Å²) in [6, 6.07) is 8.14. The number of methoxy groups -OCH3 is 1. The Morgan fingerprint density at radius 1 is 1.25 bits per heavy atom. The number of carbonyl (C=O) groups excluding carboxylic acids is 1. The minimum Gasteiger partial charge on any atom is -0.497 e. The first-order valence-corrected chi connectivity index (χ1v) is 9.84.